The molecule has 0 aliphatic heterocycles. The molecule has 0 spiro atoms. The summed E-state index contributed by atoms with van der Waals surface area (Å²) in [6.07, 6.45) is 0. The fourth-order valence-electron chi connectivity index (χ4n) is 1.97. The van der Waals surface area contributed by atoms with Gasteiger partial charge in [0, 0.05) is 15.6 Å². The van der Waals surface area contributed by atoms with Crippen molar-refractivity contribution in [1.29, 1.82) is 0 Å². The number of aryl methyl sites for hydroxylation is 1. The summed E-state index contributed by atoms with van der Waals surface area (Å²) < 4.78 is 5.84. The summed E-state index contributed by atoms with van der Waals surface area (Å²) in [6.45, 7) is 1.88. The number of rotatable bonds is 3. The number of H-pyrrole nitrogens is 1. The van der Waals surface area contributed by atoms with Crippen LogP contribution >= 0.6 is 23.2 Å². The van der Waals surface area contributed by atoms with Crippen molar-refractivity contribution in [3.8, 4) is 22.9 Å². The number of benzene rings is 2. The second-order valence-corrected chi connectivity index (χ2v) is 5.44. The minimum atomic E-state index is 0.525. The lowest BCUT2D eigenvalue weighted by atomic mass is 10.2. The SMILES string of the molecule is Cc1nc(Oc2ccc(Cl)cc2)c(-c2ccc(Cl)cc2)[nH]1. The van der Waals surface area contributed by atoms with Crippen LogP contribution in [-0.4, -0.2) is 9.97 Å². The molecule has 0 unspecified atom stereocenters. The number of hydrogen-bond acceptors (Lipinski definition) is 2. The van der Waals surface area contributed by atoms with Crippen molar-refractivity contribution >= 4 is 23.2 Å². The highest BCUT2D eigenvalue weighted by Crippen LogP contribution is 2.32. The first-order valence-corrected chi connectivity index (χ1v) is 7.13. The van der Waals surface area contributed by atoms with Crippen molar-refractivity contribution < 1.29 is 4.74 Å². The molecule has 0 radical (unpaired) electrons. The van der Waals surface area contributed by atoms with Crippen LogP contribution < -0.4 is 4.74 Å². The van der Waals surface area contributed by atoms with Crippen molar-refractivity contribution in [1.82, 2.24) is 9.97 Å². The van der Waals surface area contributed by atoms with Gasteiger partial charge in [0.2, 0.25) is 5.88 Å². The predicted octanol–water partition coefficient (Wildman–Crippen LogP) is 5.48. The molecule has 0 atom stereocenters. The lowest BCUT2D eigenvalue weighted by molar-refractivity contribution is 0.467. The number of aromatic nitrogens is 2. The second-order valence-electron chi connectivity index (χ2n) is 4.57. The van der Waals surface area contributed by atoms with Crippen molar-refractivity contribution in [2.45, 2.75) is 6.92 Å². The minimum absolute atomic E-state index is 0.525. The van der Waals surface area contributed by atoms with Crippen LogP contribution in [0.1, 0.15) is 5.82 Å². The third-order valence-corrected chi connectivity index (χ3v) is 3.45. The van der Waals surface area contributed by atoms with E-state index in [2.05, 4.69) is 9.97 Å². The van der Waals surface area contributed by atoms with E-state index < -0.39 is 0 Å². The number of imidazole rings is 1. The van der Waals surface area contributed by atoms with Gasteiger partial charge in [0.1, 0.15) is 17.3 Å². The lowest BCUT2D eigenvalue weighted by Gasteiger charge is -2.05. The van der Waals surface area contributed by atoms with Gasteiger partial charge < -0.3 is 9.72 Å². The molecule has 0 bridgehead atoms. The Hall–Kier alpha value is -1.97. The molecule has 1 aromatic heterocycles. The first-order valence-electron chi connectivity index (χ1n) is 6.38. The van der Waals surface area contributed by atoms with Crippen LogP contribution in [0.15, 0.2) is 48.5 Å². The molecule has 3 rings (SSSR count). The zero-order valence-electron chi connectivity index (χ0n) is 11.2. The quantitative estimate of drug-likeness (QED) is 0.693. The molecule has 0 amide bonds. The average Bonchev–Trinajstić information content (AvgIpc) is 2.83. The van der Waals surface area contributed by atoms with Crippen LogP contribution in [-0.2, 0) is 0 Å². The summed E-state index contributed by atoms with van der Waals surface area (Å²) in [4.78, 5) is 7.59. The van der Waals surface area contributed by atoms with Gasteiger partial charge in [-0.2, -0.15) is 4.98 Å². The van der Waals surface area contributed by atoms with Gasteiger partial charge in [-0.25, -0.2) is 0 Å². The van der Waals surface area contributed by atoms with Crippen LogP contribution in [0.25, 0.3) is 11.3 Å². The summed E-state index contributed by atoms with van der Waals surface area (Å²) >= 11 is 11.8. The lowest BCUT2D eigenvalue weighted by Crippen LogP contribution is -1.87. The Morgan fingerprint density at radius 1 is 0.905 bits per heavy atom. The van der Waals surface area contributed by atoms with E-state index in [0.717, 1.165) is 17.1 Å². The van der Waals surface area contributed by atoms with Crippen molar-refractivity contribution in [3.63, 3.8) is 0 Å². The molecule has 106 valence electrons. The maximum atomic E-state index is 5.92. The first-order chi connectivity index (χ1) is 10.1. The fourth-order valence-corrected chi connectivity index (χ4v) is 2.22. The monoisotopic (exact) mass is 318 g/mol. The van der Waals surface area contributed by atoms with E-state index >= 15 is 0 Å². The van der Waals surface area contributed by atoms with Gasteiger partial charge in [0.15, 0.2) is 0 Å². The Kier molecular flexibility index (Phi) is 3.86. The van der Waals surface area contributed by atoms with Crippen LogP contribution in [0.4, 0.5) is 0 Å². The van der Waals surface area contributed by atoms with Crippen molar-refractivity contribution in [3.05, 3.63) is 64.4 Å². The fraction of sp³-hybridized carbons (Fsp3) is 0.0625. The number of nitrogens with zero attached hydrogens (tertiary/aromatic N) is 1. The van der Waals surface area contributed by atoms with E-state index in [-0.39, 0.29) is 0 Å². The van der Waals surface area contributed by atoms with E-state index in [1.807, 2.05) is 31.2 Å². The summed E-state index contributed by atoms with van der Waals surface area (Å²) in [7, 11) is 0. The highest BCUT2D eigenvalue weighted by Gasteiger charge is 2.12. The normalized spacial score (nSPS) is 10.6. The van der Waals surface area contributed by atoms with Gasteiger partial charge in [0.25, 0.3) is 0 Å². The number of ether oxygens (including phenoxy) is 1. The Morgan fingerprint density at radius 3 is 2.10 bits per heavy atom. The van der Waals surface area contributed by atoms with Gasteiger partial charge in [-0.3, -0.25) is 0 Å². The van der Waals surface area contributed by atoms with Crippen molar-refractivity contribution in [2.75, 3.05) is 0 Å². The molecular formula is C16H12Cl2N2O. The highest BCUT2D eigenvalue weighted by atomic mass is 35.5. The third-order valence-electron chi connectivity index (χ3n) is 2.95. The van der Waals surface area contributed by atoms with E-state index in [0.29, 0.717) is 21.7 Å². The van der Waals surface area contributed by atoms with Gasteiger partial charge >= 0.3 is 0 Å². The van der Waals surface area contributed by atoms with Gasteiger partial charge in [-0.1, -0.05) is 35.3 Å². The Balaban J connectivity index is 1.95. The zero-order chi connectivity index (χ0) is 14.8. The van der Waals surface area contributed by atoms with E-state index in [4.69, 9.17) is 27.9 Å². The largest absolute Gasteiger partial charge is 0.437 e. The van der Waals surface area contributed by atoms with Crippen LogP contribution in [0, 0.1) is 6.92 Å². The van der Waals surface area contributed by atoms with Crippen LogP contribution in [0.3, 0.4) is 0 Å². The third kappa shape index (κ3) is 3.20. The van der Waals surface area contributed by atoms with Crippen LogP contribution in [0.5, 0.6) is 11.6 Å². The van der Waals surface area contributed by atoms with Gasteiger partial charge in [-0.05, 0) is 43.3 Å². The summed E-state index contributed by atoms with van der Waals surface area (Å²) in [5.74, 6) is 1.99. The van der Waals surface area contributed by atoms with Gasteiger partial charge in [-0.15, -0.1) is 0 Å². The number of nitrogens with one attached hydrogen (secondary N) is 1. The zero-order valence-corrected chi connectivity index (χ0v) is 12.7. The molecule has 21 heavy (non-hydrogen) atoms. The Bertz CT molecular complexity index is 749. The van der Waals surface area contributed by atoms with E-state index in [1.54, 1.807) is 24.3 Å². The maximum Gasteiger partial charge on any atom is 0.245 e. The number of hydrogen-bond donors (Lipinski definition) is 1. The molecule has 3 nitrogen and oxygen atoms in total. The maximum absolute atomic E-state index is 5.92. The van der Waals surface area contributed by atoms with Crippen molar-refractivity contribution in [2.24, 2.45) is 0 Å². The average molecular weight is 319 g/mol. The highest BCUT2D eigenvalue weighted by molar-refractivity contribution is 6.30. The summed E-state index contributed by atoms with van der Waals surface area (Å²) in [5.41, 5.74) is 1.78. The van der Waals surface area contributed by atoms with E-state index in [9.17, 15) is 0 Å². The predicted molar refractivity (Wildman–Crippen MR) is 85.3 cm³/mol. The Morgan fingerprint density at radius 2 is 1.48 bits per heavy atom. The molecule has 0 saturated heterocycles. The molecule has 1 heterocycles. The van der Waals surface area contributed by atoms with E-state index in [1.165, 1.54) is 0 Å². The topological polar surface area (TPSA) is 37.9 Å². The van der Waals surface area contributed by atoms with Gasteiger partial charge in [0.05, 0.1) is 0 Å². The Labute approximate surface area is 132 Å². The molecule has 0 saturated carbocycles. The first kappa shape index (κ1) is 14.0. The minimum Gasteiger partial charge on any atom is -0.437 e. The summed E-state index contributed by atoms with van der Waals surface area (Å²) in [6, 6.07) is 14.7. The molecule has 0 aliphatic rings. The molecule has 0 aliphatic carbocycles. The summed E-state index contributed by atoms with van der Waals surface area (Å²) in [5, 5.41) is 1.36. The molecular weight excluding hydrogens is 307 g/mol. The molecule has 0 fully saturated rings. The molecule has 2 aromatic carbocycles. The molecule has 1 N–H and O–H groups in total. The standard InChI is InChI=1S/C16H12Cl2N2O/c1-10-19-15(11-2-4-12(17)5-3-11)16(20-10)21-14-8-6-13(18)7-9-14/h2-9H,1H3,(H,19,20). The smallest absolute Gasteiger partial charge is 0.245 e. The number of aromatic amines is 1. The number of halogens is 2. The van der Waals surface area contributed by atoms with Crippen LogP contribution in [0.2, 0.25) is 10.0 Å². The second kappa shape index (κ2) is 5.80. The molecule has 3 aromatic rings. The molecule has 5 heteroatoms.